The van der Waals surface area contributed by atoms with Crippen LogP contribution in [0.3, 0.4) is 0 Å². The van der Waals surface area contributed by atoms with Gasteiger partial charge in [-0.15, -0.1) is 0 Å². The molecule has 0 radical (unpaired) electrons. The van der Waals surface area contributed by atoms with Crippen LogP contribution in [0.25, 0.3) is 10.2 Å². The number of aromatic nitrogens is 1. The molecule has 5 atom stereocenters. The summed E-state index contributed by atoms with van der Waals surface area (Å²) >= 11 is 1.45. The van der Waals surface area contributed by atoms with Crippen LogP contribution in [0.2, 0.25) is 0 Å². The number of ether oxygens (including phenoxy) is 1. The molecule has 0 unspecified atom stereocenters. The highest BCUT2D eigenvalue weighted by Gasteiger charge is 2.61. The van der Waals surface area contributed by atoms with Gasteiger partial charge in [-0.25, -0.2) is 13.4 Å². The van der Waals surface area contributed by atoms with Gasteiger partial charge in [0.2, 0.25) is 21.8 Å². The number of nitrogens with zero attached hydrogens (tertiary/aromatic N) is 2. The minimum Gasteiger partial charge on any atom is -0.465 e. The van der Waals surface area contributed by atoms with Crippen molar-refractivity contribution in [3.63, 3.8) is 0 Å². The minimum absolute atomic E-state index is 0.0709. The molecule has 2 aromatic carbocycles. The van der Waals surface area contributed by atoms with E-state index >= 15 is 0 Å². The first-order valence-corrected chi connectivity index (χ1v) is 19.6. The fourth-order valence-electron chi connectivity index (χ4n) is 7.42. The van der Waals surface area contributed by atoms with Crippen molar-refractivity contribution >= 4 is 49.2 Å². The van der Waals surface area contributed by atoms with E-state index in [1.54, 1.807) is 4.90 Å². The van der Waals surface area contributed by atoms with Crippen LogP contribution in [0, 0.1) is 24.2 Å². The summed E-state index contributed by atoms with van der Waals surface area (Å²) in [6.45, 7) is 2.27. The van der Waals surface area contributed by atoms with Crippen molar-refractivity contribution in [2.75, 3.05) is 6.54 Å². The number of hydrogen-bond donors (Lipinski definition) is 1. The highest BCUT2D eigenvalue weighted by molar-refractivity contribution is 7.90. The lowest BCUT2D eigenvalue weighted by Gasteiger charge is -2.29. The number of benzene rings is 2. The van der Waals surface area contributed by atoms with Gasteiger partial charge in [-0.2, -0.15) is 0 Å². The summed E-state index contributed by atoms with van der Waals surface area (Å²) in [4.78, 5) is 48.9. The zero-order valence-corrected chi connectivity index (χ0v) is 28.9. The number of amides is 2. The van der Waals surface area contributed by atoms with E-state index in [9.17, 15) is 22.8 Å². The molecule has 2 aliphatic heterocycles. The number of ketones is 1. The predicted octanol–water partition coefficient (Wildman–Crippen LogP) is 5.91. The highest BCUT2D eigenvalue weighted by atomic mass is 32.2. The van der Waals surface area contributed by atoms with Crippen LogP contribution in [-0.2, 0) is 30.8 Å². The maximum atomic E-state index is 14.5. The number of sulfonamides is 1. The average Bonchev–Trinajstić information content (AvgIpc) is 3.95. The molecule has 7 rings (SSSR count). The van der Waals surface area contributed by atoms with Crippen molar-refractivity contribution in [2.24, 2.45) is 17.3 Å². The largest absolute Gasteiger partial charge is 0.465 e. The van der Waals surface area contributed by atoms with Gasteiger partial charge in [-0.1, -0.05) is 72.7 Å². The van der Waals surface area contributed by atoms with E-state index in [1.807, 2.05) is 55.5 Å². The van der Waals surface area contributed by atoms with Crippen molar-refractivity contribution in [3.8, 4) is 5.19 Å². The smallest absolute Gasteiger partial charge is 0.274 e. The zero-order valence-electron chi connectivity index (χ0n) is 27.3. The van der Waals surface area contributed by atoms with Crippen LogP contribution >= 0.6 is 11.3 Å². The molecule has 0 bridgehead atoms. The van der Waals surface area contributed by atoms with Crippen molar-refractivity contribution in [3.05, 3.63) is 71.8 Å². The molecule has 2 aliphatic carbocycles. The molecule has 254 valence electrons. The minimum atomic E-state index is -3.78. The third-order valence-electron chi connectivity index (χ3n) is 10.4. The number of thiazole rings is 1. The zero-order chi connectivity index (χ0) is 33.5. The van der Waals surface area contributed by atoms with Crippen LogP contribution in [0.1, 0.15) is 75.3 Å². The van der Waals surface area contributed by atoms with E-state index in [-0.39, 0.29) is 42.9 Å². The van der Waals surface area contributed by atoms with E-state index in [4.69, 9.17) is 4.74 Å². The molecule has 2 amide bonds. The maximum Gasteiger partial charge on any atom is 0.274 e. The van der Waals surface area contributed by atoms with Gasteiger partial charge in [-0.3, -0.25) is 19.1 Å². The normalized spacial score (nSPS) is 29.0. The molecule has 1 N–H and O–H groups in total. The Balaban J connectivity index is 1.18. The second kappa shape index (κ2) is 13.4. The van der Waals surface area contributed by atoms with E-state index in [2.05, 4.69) is 21.8 Å². The van der Waals surface area contributed by atoms with Crippen molar-refractivity contribution < 1.29 is 27.5 Å². The summed E-state index contributed by atoms with van der Waals surface area (Å²) in [6, 6.07) is 15.2. The highest BCUT2D eigenvalue weighted by Crippen LogP contribution is 2.57. The van der Waals surface area contributed by atoms with Crippen LogP contribution < -0.4 is 9.46 Å². The third-order valence-corrected chi connectivity index (χ3v) is 13.2. The topological polar surface area (TPSA) is 123 Å². The Kier molecular flexibility index (Phi) is 9.19. The molecule has 11 heteroatoms. The molecule has 48 heavy (non-hydrogen) atoms. The maximum absolute atomic E-state index is 14.5. The SMILES string of the molecule is Cc1ccc2nc(O[C@@H]3C[C@H]4C(=O)C[C@]5(C(=O)NS(=O)(=O)C6CC6)C[C@H]5/C=C\CCCCC[C@H](Cc5ccccc5)C(=O)N4C3)sc2c1. The van der Waals surface area contributed by atoms with Gasteiger partial charge < -0.3 is 9.64 Å². The lowest BCUT2D eigenvalue weighted by Crippen LogP contribution is -2.46. The molecule has 3 heterocycles. The lowest BCUT2D eigenvalue weighted by molar-refractivity contribution is -0.142. The van der Waals surface area contributed by atoms with E-state index in [0.29, 0.717) is 37.3 Å². The monoisotopic (exact) mass is 689 g/mol. The first-order chi connectivity index (χ1) is 23.1. The van der Waals surface area contributed by atoms with E-state index in [1.165, 1.54) is 11.3 Å². The quantitative estimate of drug-likeness (QED) is 0.306. The van der Waals surface area contributed by atoms with Gasteiger partial charge in [0.1, 0.15) is 6.10 Å². The summed E-state index contributed by atoms with van der Waals surface area (Å²) < 4.78 is 35.3. The molecule has 0 spiro atoms. The number of carbonyl (C=O) groups excluding carboxylic acids is 3. The Bertz CT molecular complexity index is 1840. The van der Waals surface area contributed by atoms with Gasteiger partial charge in [0.25, 0.3) is 5.19 Å². The Morgan fingerprint density at radius 3 is 2.69 bits per heavy atom. The second-order valence-electron chi connectivity index (χ2n) is 14.2. The first-order valence-electron chi connectivity index (χ1n) is 17.2. The third kappa shape index (κ3) is 7.08. The van der Waals surface area contributed by atoms with Crippen molar-refractivity contribution in [1.82, 2.24) is 14.6 Å². The molecule has 1 saturated heterocycles. The Labute approximate surface area is 286 Å². The van der Waals surface area contributed by atoms with Crippen LogP contribution in [-0.4, -0.2) is 59.8 Å². The van der Waals surface area contributed by atoms with E-state index in [0.717, 1.165) is 47.0 Å². The van der Waals surface area contributed by atoms with Crippen LogP contribution in [0.4, 0.5) is 0 Å². The standard InChI is InChI=1S/C37H43N3O6S2/c1-24-14-17-30-33(18-24)47-36(38-30)46-28-20-31-32(41)22-37(35(43)39-48(44,45)29-15-16-29)21-27(37)13-9-4-2-3-8-12-26(34(42)40(31)23-28)19-25-10-6-5-7-11-25/h5-7,9-11,13-14,17-18,26-29,31H,2-4,8,12,15-16,19-23H2,1H3,(H,39,43)/b13-9-/t26-,27-,28-,31+,37-/m1/s1. The molecule has 3 fully saturated rings. The van der Waals surface area contributed by atoms with Gasteiger partial charge >= 0.3 is 0 Å². The number of nitrogens with one attached hydrogen (secondary N) is 1. The van der Waals surface area contributed by atoms with Crippen molar-refractivity contribution in [1.29, 1.82) is 0 Å². The predicted molar refractivity (Wildman–Crippen MR) is 185 cm³/mol. The summed E-state index contributed by atoms with van der Waals surface area (Å²) in [6.07, 6.45) is 10.2. The number of carbonyl (C=O) groups is 3. The molecule has 1 aromatic heterocycles. The number of hydrogen-bond acceptors (Lipinski definition) is 8. The first kappa shape index (κ1) is 33.0. The van der Waals surface area contributed by atoms with Gasteiger partial charge in [0.15, 0.2) is 5.78 Å². The van der Waals surface area contributed by atoms with Gasteiger partial charge in [0, 0.05) is 18.8 Å². The number of Topliss-reactive ketones (excluding diaryl/α,β-unsaturated/α-hetero) is 1. The second-order valence-corrected chi connectivity index (χ2v) is 17.1. The molecule has 3 aromatic rings. The summed E-state index contributed by atoms with van der Waals surface area (Å²) in [7, 11) is -3.78. The Morgan fingerprint density at radius 1 is 1.08 bits per heavy atom. The van der Waals surface area contributed by atoms with E-state index < -0.39 is 38.7 Å². The molecule has 4 aliphatic rings. The van der Waals surface area contributed by atoms with Crippen LogP contribution in [0.5, 0.6) is 5.19 Å². The number of fused-ring (bicyclic) bond motifs is 3. The molecule has 2 saturated carbocycles. The molecule has 9 nitrogen and oxygen atoms in total. The number of rotatable bonds is 7. The summed E-state index contributed by atoms with van der Waals surface area (Å²) in [5.41, 5.74) is 1.90. The van der Waals surface area contributed by atoms with Gasteiger partial charge in [-0.05, 0) is 81.0 Å². The lowest BCUT2D eigenvalue weighted by atomic mass is 9.90. The fraction of sp³-hybridized carbons (Fsp3) is 0.514. The molecular weight excluding hydrogens is 647 g/mol. The number of allylic oxidation sites excluding steroid dienone is 2. The van der Waals surface area contributed by atoms with Crippen LogP contribution in [0.15, 0.2) is 60.7 Å². The number of aryl methyl sites for hydroxylation is 1. The molecular formula is C37H43N3O6S2. The Morgan fingerprint density at radius 2 is 1.90 bits per heavy atom. The van der Waals surface area contributed by atoms with Crippen molar-refractivity contribution in [2.45, 2.75) is 94.9 Å². The summed E-state index contributed by atoms with van der Waals surface area (Å²) in [5, 5.41) is -0.0463. The fourth-order valence-corrected chi connectivity index (χ4v) is 9.79. The Hall–Kier alpha value is -3.57. The summed E-state index contributed by atoms with van der Waals surface area (Å²) in [5.74, 6) is -1.43. The van der Waals surface area contributed by atoms with Gasteiger partial charge in [0.05, 0.1) is 33.5 Å². The average molecular weight is 690 g/mol.